The van der Waals surface area contributed by atoms with E-state index in [2.05, 4.69) is 5.32 Å². The molecule has 1 aromatic carbocycles. The molecule has 0 aliphatic carbocycles. The molecule has 0 radical (unpaired) electrons. The van der Waals surface area contributed by atoms with Crippen LogP contribution >= 0.6 is 0 Å². The van der Waals surface area contributed by atoms with Gasteiger partial charge in [0.05, 0.1) is 0 Å². The molecule has 1 aliphatic rings. The van der Waals surface area contributed by atoms with Crippen LogP contribution in [0.5, 0.6) is 5.75 Å². The van der Waals surface area contributed by atoms with E-state index in [9.17, 15) is 9.59 Å². The van der Waals surface area contributed by atoms with E-state index in [1.807, 2.05) is 43.0 Å². The summed E-state index contributed by atoms with van der Waals surface area (Å²) in [5, 5.41) is 2.97. The van der Waals surface area contributed by atoms with Crippen molar-refractivity contribution in [2.45, 2.75) is 39.5 Å². The van der Waals surface area contributed by atoms with Crippen molar-refractivity contribution in [1.29, 1.82) is 0 Å². The standard InChI is InChI=1S/C19H28N2O3/c1-3-6-18(22)20-12-16-8-5-10-21(13-16)19(23)14-24-17-9-4-7-15(2)11-17/h4,7,9,11,16H,3,5-6,8,10,12-14H2,1-2H3,(H,20,22)/t16-/m1/s1. The number of amides is 2. The summed E-state index contributed by atoms with van der Waals surface area (Å²) in [6, 6.07) is 7.71. The summed E-state index contributed by atoms with van der Waals surface area (Å²) < 4.78 is 5.61. The molecule has 2 rings (SSSR count). The van der Waals surface area contributed by atoms with Crippen LogP contribution in [0.4, 0.5) is 0 Å². The second-order valence-electron chi connectivity index (χ2n) is 6.51. The number of ether oxygens (including phenoxy) is 1. The Balaban J connectivity index is 1.76. The fourth-order valence-electron chi connectivity index (χ4n) is 2.97. The average molecular weight is 332 g/mol. The molecule has 5 heteroatoms. The second-order valence-corrected chi connectivity index (χ2v) is 6.51. The molecule has 0 spiro atoms. The first-order chi connectivity index (χ1) is 11.6. The van der Waals surface area contributed by atoms with Gasteiger partial charge >= 0.3 is 0 Å². The number of hydrogen-bond donors (Lipinski definition) is 1. The number of nitrogens with one attached hydrogen (secondary N) is 1. The number of hydrogen-bond acceptors (Lipinski definition) is 3. The molecule has 24 heavy (non-hydrogen) atoms. The minimum atomic E-state index is 0.0149. The van der Waals surface area contributed by atoms with Crippen LogP contribution in [0, 0.1) is 12.8 Å². The van der Waals surface area contributed by atoms with Crippen LogP contribution in [0.3, 0.4) is 0 Å². The number of carbonyl (C=O) groups excluding carboxylic acids is 2. The Bertz CT molecular complexity index is 559. The Hall–Kier alpha value is -2.04. The first-order valence-corrected chi connectivity index (χ1v) is 8.82. The van der Waals surface area contributed by atoms with Gasteiger partial charge in [-0.25, -0.2) is 0 Å². The predicted octanol–water partition coefficient (Wildman–Crippen LogP) is 2.53. The van der Waals surface area contributed by atoms with Crippen LogP contribution in [-0.4, -0.2) is 43.0 Å². The van der Waals surface area contributed by atoms with Gasteiger partial charge in [-0.05, 0) is 49.8 Å². The minimum absolute atomic E-state index is 0.0149. The highest BCUT2D eigenvalue weighted by Gasteiger charge is 2.24. The van der Waals surface area contributed by atoms with Crippen LogP contribution < -0.4 is 10.1 Å². The molecule has 1 fully saturated rings. The van der Waals surface area contributed by atoms with Gasteiger partial charge in [-0.2, -0.15) is 0 Å². The minimum Gasteiger partial charge on any atom is -0.484 e. The summed E-state index contributed by atoms with van der Waals surface area (Å²) in [4.78, 5) is 25.8. The van der Waals surface area contributed by atoms with Crippen molar-refractivity contribution in [2.75, 3.05) is 26.2 Å². The van der Waals surface area contributed by atoms with Crippen molar-refractivity contribution in [2.24, 2.45) is 5.92 Å². The SMILES string of the molecule is CCCC(=O)NC[C@H]1CCCN(C(=O)COc2cccc(C)c2)C1. The lowest BCUT2D eigenvalue weighted by Gasteiger charge is -2.32. The van der Waals surface area contributed by atoms with Crippen molar-refractivity contribution < 1.29 is 14.3 Å². The van der Waals surface area contributed by atoms with Gasteiger partial charge in [0.25, 0.3) is 5.91 Å². The van der Waals surface area contributed by atoms with Crippen LogP contribution in [0.2, 0.25) is 0 Å². The third-order valence-corrected chi connectivity index (χ3v) is 4.29. The first kappa shape index (κ1) is 18.3. The molecule has 1 N–H and O–H groups in total. The lowest BCUT2D eigenvalue weighted by molar-refractivity contribution is -0.135. The lowest BCUT2D eigenvalue weighted by Crippen LogP contribution is -2.45. The summed E-state index contributed by atoms with van der Waals surface area (Å²) in [7, 11) is 0. The fraction of sp³-hybridized carbons (Fsp3) is 0.579. The van der Waals surface area contributed by atoms with Crippen LogP contribution in [0.1, 0.15) is 38.2 Å². The summed E-state index contributed by atoms with van der Waals surface area (Å²) in [6.45, 7) is 6.18. The fourth-order valence-corrected chi connectivity index (χ4v) is 2.97. The molecule has 1 aliphatic heterocycles. The zero-order valence-electron chi connectivity index (χ0n) is 14.7. The molecule has 132 valence electrons. The Labute approximate surface area is 144 Å². The maximum Gasteiger partial charge on any atom is 0.260 e. The van der Waals surface area contributed by atoms with E-state index in [4.69, 9.17) is 4.74 Å². The molecule has 0 aromatic heterocycles. The molecule has 0 unspecified atom stereocenters. The molecule has 5 nitrogen and oxygen atoms in total. The first-order valence-electron chi connectivity index (χ1n) is 8.82. The second kappa shape index (κ2) is 9.30. The zero-order valence-corrected chi connectivity index (χ0v) is 14.7. The van der Waals surface area contributed by atoms with Crippen LogP contribution in [-0.2, 0) is 9.59 Å². The average Bonchev–Trinajstić information content (AvgIpc) is 2.58. The van der Waals surface area contributed by atoms with E-state index in [-0.39, 0.29) is 18.4 Å². The molecule has 2 amide bonds. The van der Waals surface area contributed by atoms with E-state index in [1.165, 1.54) is 0 Å². The largest absolute Gasteiger partial charge is 0.484 e. The van der Waals surface area contributed by atoms with Crippen molar-refractivity contribution >= 4 is 11.8 Å². The van der Waals surface area contributed by atoms with Gasteiger partial charge in [0, 0.05) is 26.1 Å². The molecule has 1 saturated heterocycles. The Morgan fingerprint density at radius 1 is 1.38 bits per heavy atom. The van der Waals surface area contributed by atoms with Crippen molar-refractivity contribution in [3.63, 3.8) is 0 Å². The number of piperidine rings is 1. The number of likely N-dealkylation sites (tertiary alicyclic amines) is 1. The summed E-state index contributed by atoms with van der Waals surface area (Å²) >= 11 is 0. The van der Waals surface area contributed by atoms with Crippen LogP contribution in [0.15, 0.2) is 24.3 Å². The van der Waals surface area contributed by atoms with Gasteiger partial charge in [-0.1, -0.05) is 19.1 Å². The smallest absolute Gasteiger partial charge is 0.260 e. The third-order valence-electron chi connectivity index (χ3n) is 4.29. The van der Waals surface area contributed by atoms with Crippen LogP contribution in [0.25, 0.3) is 0 Å². The van der Waals surface area contributed by atoms with Gasteiger partial charge in [-0.15, -0.1) is 0 Å². The number of carbonyl (C=O) groups is 2. The van der Waals surface area contributed by atoms with Crippen molar-refractivity contribution in [1.82, 2.24) is 10.2 Å². The maximum absolute atomic E-state index is 12.4. The summed E-state index contributed by atoms with van der Waals surface area (Å²) in [6.07, 6.45) is 3.45. The van der Waals surface area contributed by atoms with Gasteiger partial charge in [0.15, 0.2) is 6.61 Å². The topological polar surface area (TPSA) is 58.6 Å². The van der Waals surface area contributed by atoms with E-state index in [0.29, 0.717) is 25.4 Å². The number of benzene rings is 1. The molecule has 0 bridgehead atoms. The number of nitrogens with zero attached hydrogens (tertiary/aromatic N) is 1. The highest BCUT2D eigenvalue weighted by molar-refractivity contribution is 5.78. The predicted molar refractivity (Wildman–Crippen MR) is 93.9 cm³/mol. The monoisotopic (exact) mass is 332 g/mol. The van der Waals surface area contributed by atoms with Gasteiger partial charge < -0.3 is 15.0 Å². The van der Waals surface area contributed by atoms with E-state index < -0.39 is 0 Å². The van der Waals surface area contributed by atoms with E-state index >= 15 is 0 Å². The van der Waals surface area contributed by atoms with Gasteiger partial charge in [0.1, 0.15) is 5.75 Å². The highest BCUT2D eigenvalue weighted by atomic mass is 16.5. The molecule has 1 aromatic rings. The summed E-state index contributed by atoms with van der Waals surface area (Å²) in [5.41, 5.74) is 1.11. The Morgan fingerprint density at radius 3 is 2.96 bits per heavy atom. The Morgan fingerprint density at radius 2 is 2.21 bits per heavy atom. The normalized spacial score (nSPS) is 17.4. The van der Waals surface area contributed by atoms with Crippen molar-refractivity contribution in [3.05, 3.63) is 29.8 Å². The maximum atomic E-state index is 12.4. The number of aryl methyl sites for hydroxylation is 1. The zero-order chi connectivity index (χ0) is 17.4. The molecular weight excluding hydrogens is 304 g/mol. The molecule has 1 heterocycles. The molecule has 1 atom stereocenters. The molecule has 0 saturated carbocycles. The quantitative estimate of drug-likeness (QED) is 0.835. The lowest BCUT2D eigenvalue weighted by atomic mass is 9.98. The van der Waals surface area contributed by atoms with Crippen molar-refractivity contribution in [3.8, 4) is 5.75 Å². The van der Waals surface area contributed by atoms with Gasteiger partial charge in [0.2, 0.25) is 5.91 Å². The molecular formula is C19H28N2O3. The third kappa shape index (κ3) is 5.87. The number of rotatable bonds is 7. The van der Waals surface area contributed by atoms with E-state index in [1.54, 1.807) is 0 Å². The Kier molecular flexibility index (Phi) is 7.09. The highest BCUT2D eigenvalue weighted by Crippen LogP contribution is 2.17. The summed E-state index contributed by atoms with van der Waals surface area (Å²) in [5.74, 6) is 1.18. The van der Waals surface area contributed by atoms with Gasteiger partial charge in [-0.3, -0.25) is 9.59 Å². The van der Waals surface area contributed by atoms with E-state index in [0.717, 1.165) is 37.1 Å².